The zero-order valence-corrected chi connectivity index (χ0v) is 23.2. The van der Waals surface area contributed by atoms with Crippen LogP contribution in [0.2, 0.25) is 0 Å². The Bertz CT molecular complexity index is 1280. The van der Waals surface area contributed by atoms with Gasteiger partial charge in [-0.25, -0.2) is 0 Å². The first-order chi connectivity index (χ1) is 18.4. The molecule has 0 radical (unpaired) electrons. The van der Waals surface area contributed by atoms with Gasteiger partial charge in [0.2, 0.25) is 5.91 Å². The molecule has 1 N–H and O–H groups in total. The maximum Gasteiger partial charge on any atom is 0.254 e. The number of nitrogens with one attached hydrogen (secondary N) is 1. The fourth-order valence-corrected chi connectivity index (χ4v) is 5.74. The molecule has 202 valence electrons. The van der Waals surface area contributed by atoms with E-state index in [4.69, 9.17) is 18.9 Å². The number of hydrogen-bond acceptors (Lipinski definition) is 7. The molecule has 2 atom stereocenters. The van der Waals surface area contributed by atoms with Gasteiger partial charge in [-0.3, -0.25) is 9.59 Å². The molecule has 0 unspecified atom stereocenters. The van der Waals surface area contributed by atoms with E-state index in [1.54, 1.807) is 31.2 Å². The molecule has 2 heterocycles. The van der Waals surface area contributed by atoms with Crippen LogP contribution in [0.25, 0.3) is 0 Å². The molecule has 1 aliphatic rings. The van der Waals surface area contributed by atoms with Gasteiger partial charge in [-0.05, 0) is 67.1 Å². The Balaban J connectivity index is 1.61. The van der Waals surface area contributed by atoms with Crippen molar-refractivity contribution in [2.75, 3.05) is 41.0 Å². The zero-order chi connectivity index (χ0) is 27.2. The van der Waals surface area contributed by atoms with Gasteiger partial charge in [-0.1, -0.05) is 12.1 Å². The lowest BCUT2D eigenvalue weighted by Crippen LogP contribution is -2.45. The smallest absolute Gasteiger partial charge is 0.254 e. The fourth-order valence-electron chi connectivity index (χ4n) is 4.84. The van der Waals surface area contributed by atoms with E-state index in [1.807, 2.05) is 49.6 Å². The fraction of sp³-hybridized carbons (Fsp3) is 0.379. The first-order valence-electron chi connectivity index (χ1n) is 12.7. The van der Waals surface area contributed by atoms with Crippen molar-refractivity contribution in [3.05, 3.63) is 69.4 Å². The molecule has 2 aromatic carbocycles. The van der Waals surface area contributed by atoms with Crippen LogP contribution in [0.15, 0.2) is 47.8 Å². The molecule has 0 saturated carbocycles. The monoisotopic (exact) mass is 538 g/mol. The van der Waals surface area contributed by atoms with Crippen molar-refractivity contribution in [2.24, 2.45) is 0 Å². The highest BCUT2D eigenvalue weighted by molar-refractivity contribution is 7.10. The molecule has 2 amide bonds. The number of fused-ring (bicyclic) bond motifs is 1. The lowest BCUT2D eigenvalue weighted by atomic mass is 9.81. The number of hydrogen-bond donors (Lipinski definition) is 1. The number of likely N-dealkylation sites (N-methyl/N-ethyl adjacent to an activating group) is 1. The number of nitrogens with zero attached hydrogens (tertiary/aromatic N) is 1. The Morgan fingerprint density at radius 3 is 2.34 bits per heavy atom. The number of amides is 2. The number of thiophene rings is 1. The van der Waals surface area contributed by atoms with E-state index in [2.05, 4.69) is 5.32 Å². The predicted octanol–water partition coefficient (Wildman–Crippen LogP) is 4.83. The van der Waals surface area contributed by atoms with Gasteiger partial charge in [0.25, 0.3) is 5.91 Å². The van der Waals surface area contributed by atoms with Crippen molar-refractivity contribution in [3.8, 4) is 23.0 Å². The van der Waals surface area contributed by atoms with Crippen molar-refractivity contribution < 1.29 is 28.5 Å². The van der Waals surface area contributed by atoms with Crippen molar-refractivity contribution in [1.82, 2.24) is 10.2 Å². The number of benzene rings is 2. The van der Waals surface area contributed by atoms with Gasteiger partial charge in [0.05, 0.1) is 39.4 Å². The molecule has 0 bridgehead atoms. The number of methoxy groups -OCH3 is 2. The van der Waals surface area contributed by atoms with Gasteiger partial charge in [0, 0.05) is 24.0 Å². The Morgan fingerprint density at radius 1 is 0.974 bits per heavy atom. The second-order valence-corrected chi connectivity index (χ2v) is 9.82. The average molecular weight is 539 g/mol. The average Bonchev–Trinajstić information content (AvgIpc) is 3.46. The third-order valence-electron chi connectivity index (χ3n) is 6.61. The summed E-state index contributed by atoms with van der Waals surface area (Å²) in [5, 5.41) is 5.06. The normalized spacial score (nSPS) is 16.6. The summed E-state index contributed by atoms with van der Waals surface area (Å²) in [6.45, 7) is 5.37. The van der Waals surface area contributed by atoms with Crippen molar-refractivity contribution >= 4 is 23.2 Å². The summed E-state index contributed by atoms with van der Waals surface area (Å²) in [5.74, 6) is 1.38. The molecule has 1 aromatic heterocycles. The van der Waals surface area contributed by atoms with E-state index >= 15 is 0 Å². The van der Waals surface area contributed by atoms with Gasteiger partial charge in [0.15, 0.2) is 23.0 Å². The molecule has 38 heavy (non-hydrogen) atoms. The van der Waals surface area contributed by atoms with Crippen LogP contribution in [0, 0.1) is 0 Å². The maximum absolute atomic E-state index is 13.8. The van der Waals surface area contributed by atoms with Crippen LogP contribution in [0.3, 0.4) is 0 Å². The van der Waals surface area contributed by atoms with Crippen molar-refractivity contribution in [1.29, 1.82) is 0 Å². The number of carbonyl (C=O) groups excluding carboxylic acids is 2. The first kappa shape index (κ1) is 27.3. The Labute approximate surface area is 227 Å². The summed E-state index contributed by atoms with van der Waals surface area (Å²) in [6, 6.07) is 12.7. The van der Waals surface area contributed by atoms with E-state index in [-0.39, 0.29) is 11.8 Å². The molecule has 0 spiro atoms. The molecule has 0 aliphatic carbocycles. The Kier molecular flexibility index (Phi) is 8.78. The van der Waals surface area contributed by atoms with Crippen LogP contribution >= 0.6 is 11.3 Å². The molecule has 9 heteroatoms. The highest BCUT2D eigenvalue weighted by atomic mass is 32.1. The largest absolute Gasteiger partial charge is 0.493 e. The zero-order valence-electron chi connectivity index (χ0n) is 22.4. The lowest BCUT2D eigenvalue weighted by molar-refractivity contribution is -0.124. The van der Waals surface area contributed by atoms with Crippen LogP contribution in [-0.4, -0.2) is 57.7 Å². The minimum atomic E-state index is -0.620. The van der Waals surface area contributed by atoms with Crippen molar-refractivity contribution in [3.63, 3.8) is 0 Å². The quantitative estimate of drug-likeness (QED) is 0.376. The van der Waals surface area contributed by atoms with Gasteiger partial charge < -0.3 is 29.2 Å². The van der Waals surface area contributed by atoms with E-state index in [9.17, 15) is 9.59 Å². The second kappa shape index (κ2) is 12.2. The molecule has 0 fully saturated rings. The number of carbonyl (C=O) groups is 2. The lowest BCUT2D eigenvalue weighted by Gasteiger charge is -2.39. The Morgan fingerprint density at radius 2 is 1.68 bits per heavy atom. The summed E-state index contributed by atoms with van der Waals surface area (Å²) < 4.78 is 22.3. The molecule has 3 aromatic rings. The standard InChI is InChI=1S/C29H34N2O6S/c1-6-36-21-11-10-18(15-24(21)37-7-2)12-13-30-28(32)26-19-16-22(34-4)23(35-5)17-20(19)29(33)31(3)27(26)25-9-8-14-38-25/h8-11,14-17,26-27H,6-7,12-13H2,1-5H3,(H,30,32)/t26-,27+/m1/s1. The number of ether oxygens (including phenoxy) is 4. The second-order valence-electron chi connectivity index (χ2n) is 8.84. The van der Waals surface area contributed by atoms with Crippen LogP contribution in [-0.2, 0) is 11.2 Å². The van der Waals surface area contributed by atoms with Gasteiger partial charge in [0.1, 0.15) is 0 Å². The first-order valence-corrected chi connectivity index (χ1v) is 13.5. The topological polar surface area (TPSA) is 86.3 Å². The van der Waals surface area contributed by atoms with E-state index < -0.39 is 12.0 Å². The molecule has 8 nitrogen and oxygen atoms in total. The highest BCUT2D eigenvalue weighted by Crippen LogP contribution is 2.46. The predicted molar refractivity (Wildman–Crippen MR) is 147 cm³/mol. The van der Waals surface area contributed by atoms with Gasteiger partial charge in [-0.15, -0.1) is 11.3 Å². The van der Waals surface area contributed by atoms with E-state index in [1.165, 1.54) is 18.4 Å². The molecular formula is C29H34N2O6S. The minimum Gasteiger partial charge on any atom is -0.493 e. The van der Waals surface area contributed by atoms with Gasteiger partial charge in [-0.2, -0.15) is 0 Å². The molecule has 1 aliphatic heterocycles. The van der Waals surface area contributed by atoms with Crippen molar-refractivity contribution in [2.45, 2.75) is 32.2 Å². The third-order valence-corrected chi connectivity index (χ3v) is 7.56. The molecule has 4 rings (SSSR count). The minimum absolute atomic E-state index is 0.160. The summed E-state index contributed by atoms with van der Waals surface area (Å²) in [6.07, 6.45) is 0.613. The van der Waals surface area contributed by atoms with Gasteiger partial charge >= 0.3 is 0 Å². The van der Waals surface area contributed by atoms with Crippen LogP contribution < -0.4 is 24.3 Å². The summed E-state index contributed by atoms with van der Waals surface area (Å²) >= 11 is 1.53. The van der Waals surface area contributed by atoms with Crippen LogP contribution in [0.1, 0.15) is 52.2 Å². The molecule has 0 saturated heterocycles. The van der Waals surface area contributed by atoms with E-state index in [0.29, 0.717) is 60.3 Å². The third kappa shape index (κ3) is 5.43. The van der Waals surface area contributed by atoms with Crippen LogP contribution in [0.4, 0.5) is 0 Å². The maximum atomic E-state index is 13.8. The summed E-state index contributed by atoms with van der Waals surface area (Å²) in [7, 11) is 4.81. The summed E-state index contributed by atoms with van der Waals surface area (Å²) in [5.41, 5.74) is 2.09. The highest BCUT2D eigenvalue weighted by Gasteiger charge is 2.44. The molecular weight excluding hydrogens is 504 g/mol. The van der Waals surface area contributed by atoms with E-state index in [0.717, 1.165) is 10.4 Å². The SMILES string of the molecule is CCOc1ccc(CCNC(=O)[C@@H]2c3cc(OC)c(OC)cc3C(=O)N(C)[C@H]2c2cccs2)cc1OCC. The van der Waals surface area contributed by atoms with Crippen LogP contribution in [0.5, 0.6) is 23.0 Å². The number of rotatable bonds is 11. The summed E-state index contributed by atoms with van der Waals surface area (Å²) in [4.78, 5) is 29.8. The Hall–Kier alpha value is -3.72.